The SMILES string of the molecule is NC(=O)Nc1cc2c3c(cccc3c1)C(=O)NC2=O. The maximum atomic E-state index is 11.8. The van der Waals surface area contributed by atoms with Crippen molar-refractivity contribution in [1.29, 1.82) is 0 Å². The second-order valence-corrected chi connectivity index (χ2v) is 4.20. The fourth-order valence-corrected chi connectivity index (χ4v) is 2.25. The van der Waals surface area contributed by atoms with Crippen molar-refractivity contribution in [3.63, 3.8) is 0 Å². The number of nitrogens with one attached hydrogen (secondary N) is 2. The fraction of sp³-hybridized carbons (Fsp3) is 0. The minimum Gasteiger partial charge on any atom is -0.351 e. The highest BCUT2D eigenvalue weighted by atomic mass is 16.2. The molecule has 0 radical (unpaired) electrons. The molecule has 1 heterocycles. The summed E-state index contributed by atoms with van der Waals surface area (Å²) in [4.78, 5) is 34.4. The van der Waals surface area contributed by atoms with Crippen LogP contribution < -0.4 is 16.4 Å². The predicted molar refractivity (Wildman–Crippen MR) is 69.0 cm³/mol. The zero-order valence-corrected chi connectivity index (χ0v) is 9.69. The number of carbonyl (C=O) groups excluding carboxylic acids is 3. The number of carbonyl (C=O) groups is 3. The number of hydrogen-bond acceptors (Lipinski definition) is 3. The molecule has 0 unspecified atom stereocenters. The molecule has 6 nitrogen and oxygen atoms in total. The van der Waals surface area contributed by atoms with Gasteiger partial charge in [-0.25, -0.2) is 4.79 Å². The van der Waals surface area contributed by atoms with E-state index in [2.05, 4.69) is 10.6 Å². The Morgan fingerprint density at radius 1 is 1.11 bits per heavy atom. The maximum Gasteiger partial charge on any atom is 0.316 e. The highest BCUT2D eigenvalue weighted by molar-refractivity contribution is 6.26. The van der Waals surface area contributed by atoms with Gasteiger partial charge in [-0.1, -0.05) is 12.1 Å². The Morgan fingerprint density at radius 2 is 1.84 bits per heavy atom. The summed E-state index contributed by atoms with van der Waals surface area (Å²) in [6.07, 6.45) is 0. The Balaban J connectivity index is 2.33. The molecular weight excluding hydrogens is 246 g/mol. The van der Waals surface area contributed by atoms with Gasteiger partial charge in [0.2, 0.25) is 0 Å². The van der Waals surface area contributed by atoms with Crippen molar-refractivity contribution in [3.05, 3.63) is 41.5 Å². The van der Waals surface area contributed by atoms with Crippen LogP contribution in [0, 0.1) is 0 Å². The summed E-state index contributed by atoms with van der Waals surface area (Å²) in [6, 6.07) is 7.58. The van der Waals surface area contributed by atoms with E-state index in [1.807, 2.05) is 0 Å². The van der Waals surface area contributed by atoms with Crippen LogP contribution in [-0.2, 0) is 0 Å². The molecule has 0 fully saturated rings. The van der Waals surface area contributed by atoms with Gasteiger partial charge in [-0.3, -0.25) is 14.9 Å². The van der Waals surface area contributed by atoms with Crippen LogP contribution >= 0.6 is 0 Å². The van der Waals surface area contributed by atoms with Crippen molar-refractivity contribution >= 4 is 34.3 Å². The van der Waals surface area contributed by atoms with E-state index in [1.165, 1.54) is 6.07 Å². The Morgan fingerprint density at radius 3 is 2.58 bits per heavy atom. The summed E-state index contributed by atoms with van der Waals surface area (Å²) < 4.78 is 0. The van der Waals surface area contributed by atoms with E-state index in [-0.39, 0.29) is 0 Å². The molecule has 0 saturated carbocycles. The average molecular weight is 255 g/mol. The maximum absolute atomic E-state index is 11.8. The third-order valence-electron chi connectivity index (χ3n) is 2.96. The smallest absolute Gasteiger partial charge is 0.316 e. The first kappa shape index (κ1) is 11.2. The lowest BCUT2D eigenvalue weighted by atomic mass is 9.94. The molecule has 1 aliphatic rings. The Kier molecular flexibility index (Phi) is 2.25. The normalized spacial score (nSPS) is 13.3. The zero-order valence-electron chi connectivity index (χ0n) is 9.69. The van der Waals surface area contributed by atoms with E-state index in [0.717, 1.165) is 0 Å². The number of primary amides is 1. The van der Waals surface area contributed by atoms with Crippen LogP contribution in [-0.4, -0.2) is 17.8 Å². The average Bonchev–Trinajstić information content (AvgIpc) is 2.34. The number of rotatable bonds is 1. The van der Waals surface area contributed by atoms with Crippen molar-refractivity contribution in [2.45, 2.75) is 0 Å². The van der Waals surface area contributed by atoms with Gasteiger partial charge in [0.25, 0.3) is 11.8 Å². The summed E-state index contributed by atoms with van der Waals surface area (Å²) in [5, 5.41) is 5.96. The number of benzene rings is 2. The number of urea groups is 1. The highest BCUT2D eigenvalue weighted by Gasteiger charge is 2.25. The lowest BCUT2D eigenvalue weighted by Crippen LogP contribution is -2.34. The predicted octanol–water partition coefficient (Wildman–Crippen LogP) is 1.21. The van der Waals surface area contributed by atoms with Crippen LogP contribution in [0.15, 0.2) is 30.3 Å². The third-order valence-corrected chi connectivity index (χ3v) is 2.96. The van der Waals surface area contributed by atoms with E-state index in [1.54, 1.807) is 24.3 Å². The molecule has 0 bridgehead atoms. The molecule has 1 aliphatic heterocycles. The summed E-state index contributed by atoms with van der Waals surface area (Å²) in [5.41, 5.74) is 6.26. The van der Waals surface area contributed by atoms with Crippen LogP contribution in [0.4, 0.5) is 10.5 Å². The molecule has 0 spiro atoms. The summed E-state index contributed by atoms with van der Waals surface area (Å²) in [6.45, 7) is 0. The van der Waals surface area contributed by atoms with Gasteiger partial charge in [0.1, 0.15) is 0 Å². The zero-order chi connectivity index (χ0) is 13.6. The van der Waals surface area contributed by atoms with Crippen molar-refractivity contribution in [1.82, 2.24) is 5.32 Å². The lowest BCUT2D eigenvalue weighted by molar-refractivity contribution is 0.0845. The first-order valence-electron chi connectivity index (χ1n) is 5.55. The quantitative estimate of drug-likeness (QED) is 0.667. The van der Waals surface area contributed by atoms with Crippen molar-refractivity contribution in [3.8, 4) is 0 Å². The molecule has 0 aliphatic carbocycles. The van der Waals surface area contributed by atoms with E-state index < -0.39 is 17.8 Å². The first-order chi connectivity index (χ1) is 9.06. The fourth-order valence-electron chi connectivity index (χ4n) is 2.25. The molecule has 0 aromatic heterocycles. The second-order valence-electron chi connectivity index (χ2n) is 4.20. The van der Waals surface area contributed by atoms with Gasteiger partial charge >= 0.3 is 6.03 Å². The van der Waals surface area contributed by atoms with Crippen LogP contribution in [0.25, 0.3) is 10.8 Å². The molecule has 0 atom stereocenters. The molecule has 2 aromatic rings. The van der Waals surface area contributed by atoms with Gasteiger partial charge in [-0.2, -0.15) is 0 Å². The van der Waals surface area contributed by atoms with Crippen LogP contribution in [0.2, 0.25) is 0 Å². The minimum atomic E-state index is -0.713. The van der Waals surface area contributed by atoms with Gasteiger partial charge in [-0.15, -0.1) is 0 Å². The number of anilines is 1. The van der Waals surface area contributed by atoms with E-state index in [0.29, 0.717) is 27.6 Å². The molecule has 3 rings (SSSR count). The molecule has 4 amide bonds. The van der Waals surface area contributed by atoms with Gasteiger partial charge in [-0.05, 0) is 23.6 Å². The number of imide groups is 1. The van der Waals surface area contributed by atoms with Gasteiger partial charge < -0.3 is 11.1 Å². The van der Waals surface area contributed by atoms with Gasteiger partial charge in [0.05, 0.1) is 5.56 Å². The first-order valence-corrected chi connectivity index (χ1v) is 5.55. The number of nitrogens with two attached hydrogens (primary N) is 1. The molecule has 94 valence electrons. The van der Waals surface area contributed by atoms with Crippen molar-refractivity contribution in [2.24, 2.45) is 5.73 Å². The molecule has 0 saturated heterocycles. The van der Waals surface area contributed by atoms with Crippen LogP contribution in [0.1, 0.15) is 20.7 Å². The van der Waals surface area contributed by atoms with E-state index in [9.17, 15) is 14.4 Å². The monoisotopic (exact) mass is 255 g/mol. The Bertz CT molecular complexity index is 752. The molecule has 4 N–H and O–H groups in total. The summed E-state index contributed by atoms with van der Waals surface area (Å²) >= 11 is 0. The standard InChI is InChI=1S/C13H9N3O3/c14-13(19)15-7-4-6-2-1-3-8-10(6)9(5-7)12(18)16-11(8)17/h1-5H,(H3,14,15,19)(H,16,17,18). The lowest BCUT2D eigenvalue weighted by Gasteiger charge is -2.17. The van der Waals surface area contributed by atoms with E-state index >= 15 is 0 Å². The molecular formula is C13H9N3O3. The molecule has 2 aromatic carbocycles. The van der Waals surface area contributed by atoms with Crippen LogP contribution in [0.5, 0.6) is 0 Å². The Labute approximate surface area is 107 Å². The number of hydrogen-bond donors (Lipinski definition) is 3. The molecule has 19 heavy (non-hydrogen) atoms. The third kappa shape index (κ3) is 1.70. The second kappa shape index (κ2) is 3.81. The molecule has 6 heteroatoms. The largest absolute Gasteiger partial charge is 0.351 e. The van der Waals surface area contributed by atoms with E-state index in [4.69, 9.17) is 5.73 Å². The highest BCUT2D eigenvalue weighted by Crippen LogP contribution is 2.29. The topological polar surface area (TPSA) is 101 Å². The van der Waals surface area contributed by atoms with Crippen LogP contribution in [0.3, 0.4) is 0 Å². The van der Waals surface area contributed by atoms with Gasteiger partial charge in [0.15, 0.2) is 0 Å². The minimum absolute atomic E-state index is 0.344. The Hall–Kier alpha value is -2.89. The van der Waals surface area contributed by atoms with Crippen molar-refractivity contribution < 1.29 is 14.4 Å². The summed E-state index contributed by atoms with van der Waals surface area (Å²) in [5.74, 6) is -0.902. The van der Waals surface area contributed by atoms with Gasteiger partial charge in [0, 0.05) is 16.6 Å². The number of amides is 4. The summed E-state index contributed by atoms with van der Waals surface area (Å²) in [7, 11) is 0. The van der Waals surface area contributed by atoms with Crippen molar-refractivity contribution in [2.75, 3.05) is 5.32 Å².